The van der Waals surface area contributed by atoms with E-state index in [1.165, 1.54) is 11.3 Å². The van der Waals surface area contributed by atoms with Crippen LogP contribution < -0.4 is 4.90 Å². The van der Waals surface area contributed by atoms with E-state index in [1.54, 1.807) is 16.3 Å². The Morgan fingerprint density at radius 3 is 2.85 bits per heavy atom. The molecular weight excluding hydrogens is 296 g/mol. The number of oxime groups is 1. The second-order valence-corrected chi connectivity index (χ2v) is 5.69. The number of anilines is 1. The van der Waals surface area contributed by atoms with Crippen LogP contribution in [0.2, 0.25) is 5.02 Å². The van der Waals surface area contributed by atoms with Crippen LogP contribution in [0.3, 0.4) is 0 Å². The van der Waals surface area contributed by atoms with E-state index < -0.39 is 0 Å². The molecule has 0 saturated heterocycles. The number of carbonyl (C=O) groups is 1. The third-order valence-corrected chi connectivity index (χ3v) is 4.58. The number of benzene rings is 1. The summed E-state index contributed by atoms with van der Waals surface area (Å²) in [5.74, 6) is -0.116. The first-order chi connectivity index (χ1) is 9.72. The maximum Gasteiger partial charge on any atom is 0.269 e. The molecule has 4 nitrogen and oxygen atoms in total. The smallest absolute Gasteiger partial charge is 0.269 e. The standard InChI is InChI=1S/C14H11ClN2O2S/c15-10-6-8-20-13(10)14(18)17-7-5-11(16-19)9-3-1-2-4-12(9)17/h1-4,6,8,19H,5,7H2/b16-11-. The van der Waals surface area contributed by atoms with Crippen molar-refractivity contribution >= 4 is 40.2 Å². The average molecular weight is 307 g/mol. The van der Waals surface area contributed by atoms with Gasteiger partial charge in [0.1, 0.15) is 4.88 Å². The van der Waals surface area contributed by atoms with Crippen molar-refractivity contribution in [2.45, 2.75) is 6.42 Å². The van der Waals surface area contributed by atoms with Crippen LogP contribution >= 0.6 is 22.9 Å². The van der Waals surface area contributed by atoms with Crippen molar-refractivity contribution in [3.8, 4) is 0 Å². The second-order valence-electron chi connectivity index (χ2n) is 4.37. The van der Waals surface area contributed by atoms with Gasteiger partial charge in [-0.2, -0.15) is 0 Å². The molecule has 1 aliphatic rings. The third kappa shape index (κ3) is 2.09. The molecule has 1 aliphatic heterocycles. The number of fused-ring (bicyclic) bond motifs is 1. The number of rotatable bonds is 1. The van der Waals surface area contributed by atoms with Crippen molar-refractivity contribution in [1.29, 1.82) is 0 Å². The minimum Gasteiger partial charge on any atom is -0.411 e. The summed E-state index contributed by atoms with van der Waals surface area (Å²) in [5.41, 5.74) is 2.13. The number of amides is 1. The average Bonchev–Trinajstić information content (AvgIpc) is 2.91. The van der Waals surface area contributed by atoms with Gasteiger partial charge in [0.15, 0.2) is 0 Å². The Hall–Kier alpha value is -1.85. The first-order valence-corrected chi connectivity index (χ1v) is 7.33. The van der Waals surface area contributed by atoms with Crippen LogP contribution in [0.15, 0.2) is 40.9 Å². The Labute approximate surface area is 124 Å². The van der Waals surface area contributed by atoms with E-state index in [4.69, 9.17) is 16.8 Å². The highest BCUT2D eigenvalue weighted by Gasteiger charge is 2.28. The van der Waals surface area contributed by atoms with Gasteiger partial charge in [-0.15, -0.1) is 11.3 Å². The fourth-order valence-electron chi connectivity index (χ4n) is 2.31. The minimum absolute atomic E-state index is 0.116. The summed E-state index contributed by atoms with van der Waals surface area (Å²) in [7, 11) is 0. The molecular formula is C14H11ClN2O2S. The molecule has 20 heavy (non-hydrogen) atoms. The summed E-state index contributed by atoms with van der Waals surface area (Å²) in [6.45, 7) is 0.476. The summed E-state index contributed by atoms with van der Waals surface area (Å²) in [6.07, 6.45) is 0.516. The second kappa shape index (κ2) is 5.26. The highest BCUT2D eigenvalue weighted by molar-refractivity contribution is 7.12. The number of halogens is 1. The van der Waals surface area contributed by atoms with Crippen molar-refractivity contribution in [2.75, 3.05) is 11.4 Å². The van der Waals surface area contributed by atoms with E-state index in [-0.39, 0.29) is 5.91 Å². The van der Waals surface area contributed by atoms with Crippen LogP contribution in [-0.2, 0) is 0 Å². The molecule has 0 saturated carbocycles. The Morgan fingerprint density at radius 2 is 2.15 bits per heavy atom. The summed E-state index contributed by atoms with van der Waals surface area (Å²) >= 11 is 7.37. The molecule has 6 heteroatoms. The molecule has 1 aromatic carbocycles. The summed E-state index contributed by atoms with van der Waals surface area (Å²) in [4.78, 5) is 14.8. The van der Waals surface area contributed by atoms with Gasteiger partial charge in [0.25, 0.3) is 5.91 Å². The number of carbonyl (C=O) groups excluding carboxylic acids is 1. The zero-order valence-electron chi connectivity index (χ0n) is 10.4. The molecule has 102 valence electrons. The molecule has 2 heterocycles. The SMILES string of the molecule is O=C(c1sccc1Cl)N1CC/C(=N/O)c2ccccc21. The summed E-state index contributed by atoms with van der Waals surface area (Å²) in [5, 5.41) is 14.6. The van der Waals surface area contributed by atoms with E-state index in [0.717, 1.165) is 11.3 Å². The zero-order chi connectivity index (χ0) is 14.1. The van der Waals surface area contributed by atoms with Crippen molar-refractivity contribution in [2.24, 2.45) is 5.16 Å². The lowest BCUT2D eigenvalue weighted by molar-refractivity contribution is 0.0991. The van der Waals surface area contributed by atoms with E-state index in [2.05, 4.69) is 5.16 Å². The predicted molar refractivity (Wildman–Crippen MR) is 80.4 cm³/mol. The quantitative estimate of drug-likeness (QED) is 0.646. The van der Waals surface area contributed by atoms with Gasteiger partial charge in [-0.1, -0.05) is 35.0 Å². The number of hydrogen-bond acceptors (Lipinski definition) is 4. The van der Waals surface area contributed by atoms with Gasteiger partial charge in [0.05, 0.1) is 16.4 Å². The third-order valence-electron chi connectivity index (χ3n) is 3.26. The topological polar surface area (TPSA) is 52.9 Å². The maximum absolute atomic E-state index is 12.6. The number of para-hydroxylation sites is 1. The lowest BCUT2D eigenvalue weighted by Gasteiger charge is -2.29. The lowest BCUT2D eigenvalue weighted by atomic mass is 9.99. The van der Waals surface area contributed by atoms with Crippen LogP contribution in [0, 0.1) is 0 Å². The van der Waals surface area contributed by atoms with Crippen molar-refractivity contribution < 1.29 is 10.0 Å². The van der Waals surface area contributed by atoms with Crippen LogP contribution in [0.4, 0.5) is 5.69 Å². The Bertz CT molecular complexity index is 696. The van der Waals surface area contributed by atoms with E-state index in [9.17, 15) is 4.79 Å². The molecule has 0 unspecified atom stereocenters. The fourth-order valence-corrected chi connectivity index (χ4v) is 3.39. The van der Waals surface area contributed by atoms with Crippen LogP contribution in [0.25, 0.3) is 0 Å². The molecule has 0 spiro atoms. The van der Waals surface area contributed by atoms with Gasteiger partial charge in [0.2, 0.25) is 0 Å². The van der Waals surface area contributed by atoms with Crippen molar-refractivity contribution in [3.63, 3.8) is 0 Å². The number of nitrogens with zero attached hydrogens (tertiary/aromatic N) is 2. The van der Waals surface area contributed by atoms with Crippen LogP contribution in [-0.4, -0.2) is 23.4 Å². The fraction of sp³-hybridized carbons (Fsp3) is 0.143. The molecule has 2 aromatic rings. The van der Waals surface area contributed by atoms with Gasteiger partial charge in [0, 0.05) is 18.5 Å². The van der Waals surface area contributed by atoms with Crippen molar-refractivity contribution in [3.05, 3.63) is 51.2 Å². The van der Waals surface area contributed by atoms with E-state index >= 15 is 0 Å². The minimum atomic E-state index is -0.116. The van der Waals surface area contributed by atoms with Crippen LogP contribution in [0.1, 0.15) is 21.7 Å². The molecule has 1 N–H and O–H groups in total. The summed E-state index contributed by atoms with van der Waals surface area (Å²) in [6, 6.07) is 9.13. The molecule has 1 aromatic heterocycles. The van der Waals surface area contributed by atoms with E-state index in [0.29, 0.717) is 28.6 Å². The summed E-state index contributed by atoms with van der Waals surface area (Å²) < 4.78 is 0. The highest BCUT2D eigenvalue weighted by atomic mass is 35.5. The largest absolute Gasteiger partial charge is 0.411 e. The Morgan fingerprint density at radius 1 is 1.35 bits per heavy atom. The molecule has 3 rings (SSSR count). The highest BCUT2D eigenvalue weighted by Crippen LogP contribution is 2.31. The van der Waals surface area contributed by atoms with Crippen molar-refractivity contribution in [1.82, 2.24) is 0 Å². The van der Waals surface area contributed by atoms with Crippen LogP contribution in [0.5, 0.6) is 0 Å². The molecule has 0 radical (unpaired) electrons. The molecule has 0 bridgehead atoms. The monoisotopic (exact) mass is 306 g/mol. The lowest BCUT2D eigenvalue weighted by Crippen LogP contribution is -2.37. The molecule has 0 aliphatic carbocycles. The maximum atomic E-state index is 12.6. The van der Waals surface area contributed by atoms with Gasteiger partial charge in [-0.05, 0) is 17.5 Å². The van der Waals surface area contributed by atoms with Gasteiger partial charge >= 0.3 is 0 Å². The Kier molecular flexibility index (Phi) is 3.46. The molecule has 0 atom stereocenters. The number of thiophene rings is 1. The van der Waals surface area contributed by atoms with Gasteiger partial charge < -0.3 is 10.1 Å². The molecule has 0 fully saturated rings. The first kappa shape index (κ1) is 13.1. The van der Waals surface area contributed by atoms with E-state index in [1.807, 2.05) is 24.3 Å². The first-order valence-electron chi connectivity index (χ1n) is 6.07. The normalized spacial score (nSPS) is 16.2. The zero-order valence-corrected chi connectivity index (χ0v) is 12.0. The predicted octanol–water partition coefficient (Wildman–Crippen LogP) is 3.63. The Balaban J connectivity index is 2.04. The van der Waals surface area contributed by atoms with Gasteiger partial charge in [-0.3, -0.25) is 4.79 Å². The number of hydrogen-bond donors (Lipinski definition) is 1. The molecule has 1 amide bonds. The van der Waals surface area contributed by atoms with Gasteiger partial charge in [-0.25, -0.2) is 0 Å².